The van der Waals surface area contributed by atoms with Gasteiger partial charge in [0.2, 0.25) is 0 Å². The Bertz CT molecular complexity index is 83.4. The molecule has 0 aromatic carbocycles. The minimum Gasteiger partial charge on any atom is -0.372 e. The number of rotatable bonds is 1. The van der Waals surface area contributed by atoms with E-state index < -0.39 is 0 Å². The summed E-state index contributed by atoms with van der Waals surface area (Å²) < 4.78 is 4.65. The van der Waals surface area contributed by atoms with E-state index in [2.05, 4.69) is 37.1 Å². The molecule has 3 heteroatoms. The van der Waals surface area contributed by atoms with Gasteiger partial charge in [0.25, 0.3) is 0 Å². The number of halogens is 1. The van der Waals surface area contributed by atoms with Crippen LogP contribution in [0.15, 0.2) is 0 Å². The lowest BCUT2D eigenvalue weighted by atomic mass is 10.8. The average molecular weight is 228 g/mol. The molecule has 0 amide bonds. The molecule has 0 bridgehead atoms. The number of methoxy groups -OCH3 is 1. The molecule has 0 heterocycles. The summed E-state index contributed by atoms with van der Waals surface area (Å²) in [5.74, 6) is 2.77. The van der Waals surface area contributed by atoms with Gasteiger partial charge >= 0.3 is 0 Å². The van der Waals surface area contributed by atoms with Crippen molar-refractivity contribution in [2.24, 2.45) is 0 Å². The fourth-order valence-electron chi connectivity index (χ4n) is 0.129. The molecule has 0 atom stereocenters. The van der Waals surface area contributed by atoms with Crippen LogP contribution >= 0.6 is 30.1 Å². The zero-order chi connectivity index (χ0) is 5.54. The van der Waals surface area contributed by atoms with Crippen LogP contribution < -0.4 is 0 Å². The van der Waals surface area contributed by atoms with E-state index in [9.17, 15) is 0 Å². The Hall–Kier alpha value is 0.600. The van der Waals surface area contributed by atoms with Crippen LogP contribution in [0.1, 0.15) is 0 Å². The largest absolute Gasteiger partial charge is 0.372 e. The maximum Gasteiger partial charge on any atom is 0.108 e. The van der Waals surface area contributed by atoms with Gasteiger partial charge < -0.3 is 4.74 Å². The van der Waals surface area contributed by atoms with E-state index in [1.54, 1.807) is 7.11 Å². The van der Waals surface area contributed by atoms with Gasteiger partial charge in [-0.1, -0.05) is 5.92 Å². The topological polar surface area (TPSA) is 9.23 Å². The molecule has 0 radical (unpaired) electrons. The van der Waals surface area contributed by atoms with E-state index in [1.165, 1.54) is 8.93 Å². The predicted octanol–water partition coefficient (Wildman–Crippen LogP) is 1.68. The molecular weight excluding hydrogens is 223 g/mol. The van der Waals surface area contributed by atoms with E-state index in [0.717, 1.165) is 0 Å². The van der Waals surface area contributed by atoms with Crippen LogP contribution in [0.3, 0.4) is 0 Å². The predicted molar refractivity (Wildman–Crippen MR) is 41.3 cm³/mol. The normalized spacial score (nSPS) is 7.14. The maximum absolute atomic E-state index is 4.65. The third-order valence-corrected chi connectivity index (χ3v) is 1.21. The van der Waals surface area contributed by atoms with E-state index in [-0.39, 0.29) is 0 Å². The lowest BCUT2D eigenvalue weighted by molar-refractivity contribution is 0.240. The van der Waals surface area contributed by atoms with E-state index >= 15 is 0 Å². The molecule has 0 aromatic rings. The minimum absolute atomic E-state index is 0.538. The van der Waals surface area contributed by atoms with Crippen LogP contribution in [0.25, 0.3) is 0 Å². The van der Waals surface area contributed by atoms with Crippen LogP contribution in [-0.2, 0) is 4.74 Å². The van der Waals surface area contributed by atoms with Crippen molar-refractivity contribution >= 4 is 30.1 Å². The fraction of sp³-hybridized carbons (Fsp3) is 0.500. The summed E-state index contributed by atoms with van der Waals surface area (Å²) in [4.78, 5) is 0. The van der Waals surface area contributed by atoms with Gasteiger partial charge in [0.15, 0.2) is 0 Å². The molecule has 0 spiro atoms. The first-order valence-electron chi connectivity index (χ1n) is 1.66. The van der Waals surface area contributed by atoms with Crippen molar-refractivity contribution in [1.82, 2.24) is 0 Å². The van der Waals surface area contributed by atoms with E-state index in [4.69, 9.17) is 0 Å². The Kier molecular flexibility index (Phi) is 7.17. The van der Waals surface area contributed by atoms with Crippen LogP contribution in [0.5, 0.6) is 0 Å². The third kappa shape index (κ3) is 6.60. The number of hydrogen-bond donors (Lipinski definition) is 0. The van der Waals surface area contributed by atoms with Crippen molar-refractivity contribution in [2.75, 3.05) is 13.7 Å². The first-order valence-corrected chi connectivity index (χ1v) is 5.02. The second-order valence-electron chi connectivity index (χ2n) is 0.789. The van der Waals surface area contributed by atoms with Gasteiger partial charge in [0.05, 0.1) is 0 Å². The van der Waals surface area contributed by atoms with Gasteiger partial charge in [0, 0.05) is 28.3 Å². The van der Waals surface area contributed by atoms with Gasteiger partial charge in [-0.2, -0.15) is 0 Å². The Morgan fingerprint density at radius 2 is 2.57 bits per heavy atom. The summed E-state index contributed by atoms with van der Waals surface area (Å²) in [6.45, 7) is 0.538. The molecule has 0 fully saturated rings. The molecule has 0 saturated carbocycles. The lowest BCUT2D eigenvalue weighted by Crippen LogP contribution is -1.78. The Morgan fingerprint density at radius 3 is 3.00 bits per heavy atom. The summed E-state index contributed by atoms with van der Waals surface area (Å²) in [6, 6.07) is 0. The fourth-order valence-corrected chi connectivity index (χ4v) is 0.710. The molecule has 0 aliphatic carbocycles. The minimum atomic E-state index is 0.538. The average Bonchev–Trinajstić information content (AvgIpc) is 1.69. The van der Waals surface area contributed by atoms with Crippen LogP contribution in [0.4, 0.5) is 0 Å². The van der Waals surface area contributed by atoms with Crippen molar-refractivity contribution in [2.45, 2.75) is 0 Å². The molecule has 7 heavy (non-hydrogen) atoms. The van der Waals surface area contributed by atoms with Gasteiger partial charge in [-0.15, -0.1) is 0 Å². The summed E-state index contributed by atoms with van der Waals surface area (Å²) >= 11 is 2.11. The monoisotopic (exact) mass is 228 g/mol. The summed E-state index contributed by atoms with van der Waals surface area (Å²) in [5.41, 5.74) is 0. The second kappa shape index (κ2) is 6.60. The van der Waals surface area contributed by atoms with Crippen LogP contribution in [0, 0.1) is 11.2 Å². The van der Waals surface area contributed by atoms with Gasteiger partial charge in [-0.3, -0.25) is 0 Å². The standard InChI is InChI=1S/C4H5IOS/c1-6-3-2-4-7-5/h3H2,1H3. The lowest BCUT2D eigenvalue weighted by Gasteiger charge is -1.78. The molecule has 0 saturated heterocycles. The Morgan fingerprint density at radius 1 is 1.86 bits per heavy atom. The highest BCUT2D eigenvalue weighted by Gasteiger charge is 1.65. The molecule has 0 unspecified atom stereocenters. The van der Waals surface area contributed by atoms with Gasteiger partial charge in [0.1, 0.15) is 6.61 Å². The summed E-state index contributed by atoms with van der Waals surface area (Å²) in [5, 5.41) is 2.78. The van der Waals surface area contributed by atoms with Crippen LogP contribution in [0.2, 0.25) is 0 Å². The van der Waals surface area contributed by atoms with Crippen molar-refractivity contribution in [1.29, 1.82) is 0 Å². The maximum atomic E-state index is 4.65. The highest BCUT2D eigenvalue weighted by Crippen LogP contribution is 2.05. The molecule has 0 rings (SSSR count). The van der Waals surface area contributed by atoms with E-state index in [1.807, 2.05) is 0 Å². The Labute approximate surface area is 59.8 Å². The van der Waals surface area contributed by atoms with E-state index in [0.29, 0.717) is 6.61 Å². The van der Waals surface area contributed by atoms with Gasteiger partial charge in [-0.25, -0.2) is 0 Å². The summed E-state index contributed by atoms with van der Waals surface area (Å²) in [6.07, 6.45) is 0. The zero-order valence-corrected chi connectivity index (χ0v) is 6.88. The SMILES string of the molecule is COCC#CSI. The molecule has 0 N–H and O–H groups in total. The smallest absolute Gasteiger partial charge is 0.108 e. The first kappa shape index (κ1) is 7.60. The molecule has 0 aromatic heterocycles. The van der Waals surface area contributed by atoms with Crippen molar-refractivity contribution in [3.63, 3.8) is 0 Å². The van der Waals surface area contributed by atoms with Crippen molar-refractivity contribution in [3.8, 4) is 11.2 Å². The zero-order valence-electron chi connectivity index (χ0n) is 3.90. The highest BCUT2D eigenvalue weighted by atomic mass is 127. The summed E-state index contributed by atoms with van der Waals surface area (Å²) in [7, 11) is 3.10. The molecular formula is C4H5IOS. The van der Waals surface area contributed by atoms with Crippen molar-refractivity contribution < 1.29 is 4.74 Å². The second-order valence-corrected chi connectivity index (χ2v) is 2.47. The third-order valence-electron chi connectivity index (χ3n) is 0.327. The van der Waals surface area contributed by atoms with Crippen molar-refractivity contribution in [3.05, 3.63) is 0 Å². The quantitative estimate of drug-likeness (QED) is 0.498. The number of ether oxygens (including phenoxy) is 1. The molecule has 0 aliphatic heterocycles. The van der Waals surface area contributed by atoms with Gasteiger partial charge in [-0.05, 0) is 14.2 Å². The van der Waals surface area contributed by atoms with Crippen LogP contribution in [-0.4, -0.2) is 13.7 Å². The molecule has 1 nitrogen and oxygen atoms in total. The highest BCUT2D eigenvalue weighted by molar-refractivity contribution is 14.2. The first-order chi connectivity index (χ1) is 3.41. The number of hydrogen-bond acceptors (Lipinski definition) is 2. The molecule has 0 aliphatic rings. The Balaban J connectivity index is 2.91. The molecule has 40 valence electrons.